The minimum absolute atomic E-state index is 0.290. The molecule has 0 radical (unpaired) electrons. The Morgan fingerprint density at radius 2 is 1.60 bits per heavy atom. The zero-order chi connectivity index (χ0) is 14.1. The first-order chi connectivity index (χ1) is 9.61. The molecule has 0 bridgehead atoms. The fourth-order valence-corrected chi connectivity index (χ4v) is 2.70. The normalized spacial score (nSPS) is 10.8. The van der Waals surface area contributed by atoms with Gasteiger partial charge in [0.1, 0.15) is 5.82 Å². The minimum Gasteiger partial charge on any atom is -0.307 e. The third kappa shape index (κ3) is 2.50. The van der Waals surface area contributed by atoms with E-state index < -0.39 is 11.2 Å². The largest absolute Gasteiger partial charge is 0.326 e. The van der Waals surface area contributed by atoms with Crippen LogP contribution in [0.2, 0.25) is 0 Å². The second-order valence-electron chi connectivity index (χ2n) is 4.17. The first-order valence-electron chi connectivity index (χ1n) is 5.81. The Hall–Kier alpha value is -2.34. The minimum atomic E-state index is -0.526. The Labute approximate surface area is 116 Å². The van der Waals surface area contributed by atoms with Crippen LogP contribution in [0.1, 0.15) is 0 Å². The number of rotatable bonds is 2. The van der Waals surface area contributed by atoms with Gasteiger partial charge in [-0.2, -0.15) is 0 Å². The first-order valence-corrected chi connectivity index (χ1v) is 6.63. The summed E-state index contributed by atoms with van der Waals surface area (Å²) in [5, 5.41) is 0.414. The highest BCUT2D eigenvalue weighted by Gasteiger charge is 2.04. The lowest BCUT2D eigenvalue weighted by molar-refractivity contribution is 0.626. The molecule has 6 heteroatoms. The van der Waals surface area contributed by atoms with Crippen molar-refractivity contribution in [1.82, 2.24) is 9.97 Å². The summed E-state index contributed by atoms with van der Waals surface area (Å²) in [5.74, 6) is -0.290. The molecule has 20 heavy (non-hydrogen) atoms. The predicted molar refractivity (Wildman–Crippen MR) is 75.7 cm³/mol. The van der Waals surface area contributed by atoms with Crippen LogP contribution in [0.4, 0.5) is 4.39 Å². The molecule has 0 aliphatic rings. The molecule has 0 atom stereocenters. The summed E-state index contributed by atoms with van der Waals surface area (Å²) in [5.41, 5.74) is -0.464. The van der Waals surface area contributed by atoms with E-state index in [0.717, 1.165) is 9.79 Å². The van der Waals surface area contributed by atoms with Crippen LogP contribution in [-0.4, -0.2) is 9.97 Å². The van der Waals surface area contributed by atoms with E-state index >= 15 is 0 Å². The number of hydrogen-bond acceptors (Lipinski definition) is 3. The van der Waals surface area contributed by atoms with Crippen molar-refractivity contribution in [2.24, 2.45) is 0 Å². The van der Waals surface area contributed by atoms with E-state index in [4.69, 9.17) is 0 Å². The van der Waals surface area contributed by atoms with Crippen molar-refractivity contribution in [2.75, 3.05) is 0 Å². The molecule has 0 saturated carbocycles. The smallest absolute Gasteiger partial charge is 0.307 e. The average Bonchev–Trinajstić information content (AvgIpc) is 2.42. The maximum absolute atomic E-state index is 12.8. The highest BCUT2D eigenvalue weighted by atomic mass is 32.2. The van der Waals surface area contributed by atoms with Gasteiger partial charge in [-0.15, -0.1) is 0 Å². The van der Waals surface area contributed by atoms with Gasteiger partial charge >= 0.3 is 5.69 Å². The lowest BCUT2D eigenvalue weighted by Gasteiger charge is -2.03. The Kier molecular flexibility index (Phi) is 3.15. The molecular formula is C14H9FN2O2S. The summed E-state index contributed by atoms with van der Waals surface area (Å²) in [6.07, 6.45) is 0. The van der Waals surface area contributed by atoms with Crippen LogP contribution in [0.25, 0.3) is 10.9 Å². The van der Waals surface area contributed by atoms with Gasteiger partial charge in [-0.25, -0.2) is 9.18 Å². The summed E-state index contributed by atoms with van der Waals surface area (Å²) in [6, 6.07) is 11.3. The van der Waals surface area contributed by atoms with Gasteiger partial charge in [0.05, 0.1) is 10.9 Å². The zero-order valence-electron chi connectivity index (χ0n) is 10.1. The summed E-state index contributed by atoms with van der Waals surface area (Å²) in [7, 11) is 0. The van der Waals surface area contributed by atoms with E-state index in [1.807, 2.05) is 0 Å². The highest BCUT2D eigenvalue weighted by Crippen LogP contribution is 2.28. The second-order valence-corrected chi connectivity index (χ2v) is 5.32. The van der Waals surface area contributed by atoms with E-state index in [0.29, 0.717) is 10.9 Å². The highest BCUT2D eigenvalue weighted by molar-refractivity contribution is 7.99. The summed E-state index contributed by atoms with van der Waals surface area (Å²) in [6.45, 7) is 0. The molecule has 0 fully saturated rings. The third-order valence-corrected chi connectivity index (χ3v) is 3.76. The number of fused-ring (bicyclic) bond motifs is 1. The number of benzene rings is 2. The molecule has 100 valence electrons. The Balaban J connectivity index is 2.03. The van der Waals surface area contributed by atoms with Crippen LogP contribution in [0.3, 0.4) is 0 Å². The number of hydrogen-bond donors (Lipinski definition) is 2. The van der Waals surface area contributed by atoms with Crippen LogP contribution in [0.5, 0.6) is 0 Å². The fourth-order valence-electron chi connectivity index (χ4n) is 1.85. The van der Waals surface area contributed by atoms with E-state index in [9.17, 15) is 14.0 Å². The maximum atomic E-state index is 12.8. The van der Waals surface area contributed by atoms with Crippen molar-refractivity contribution in [3.05, 3.63) is 69.1 Å². The molecular weight excluding hydrogens is 279 g/mol. The molecule has 0 spiro atoms. The first kappa shape index (κ1) is 12.7. The van der Waals surface area contributed by atoms with Gasteiger partial charge in [0, 0.05) is 9.79 Å². The molecule has 2 aromatic carbocycles. The molecule has 2 N–H and O–H groups in total. The number of aromatic amines is 2. The van der Waals surface area contributed by atoms with Crippen molar-refractivity contribution in [2.45, 2.75) is 9.79 Å². The van der Waals surface area contributed by atoms with E-state index in [1.165, 1.54) is 23.9 Å². The fraction of sp³-hybridized carbons (Fsp3) is 0. The average molecular weight is 288 g/mol. The zero-order valence-corrected chi connectivity index (χ0v) is 11.0. The van der Waals surface area contributed by atoms with Crippen molar-refractivity contribution in [1.29, 1.82) is 0 Å². The number of aromatic nitrogens is 2. The van der Waals surface area contributed by atoms with E-state index in [1.54, 1.807) is 30.3 Å². The van der Waals surface area contributed by atoms with Crippen molar-refractivity contribution < 1.29 is 4.39 Å². The molecule has 0 aliphatic heterocycles. The molecule has 0 saturated heterocycles. The number of nitrogens with one attached hydrogen (secondary N) is 2. The molecule has 0 unspecified atom stereocenters. The standard InChI is InChI=1S/C14H9FN2O2S/c15-8-1-3-9(4-2-8)20-10-5-6-12-11(7-10)13(18)17-14(19)16-12/h1-7H,(H2,16,17,18,19). The second kappa shape index (κ2) is 4.97. The SMILES string of the molecule is O=c1[nH]c(=O)c2cc(Sc3ccc(F)cc3)ccc2[nH]1. The lowest BCUT2D eigenvalue weighted by atomic mass is 10.2. The van der Waals surface area contributed by atoms with Crippen LogP contribution < -0.4 is 11.2 Å². The molecule has 3 aromatic rings. The molecule has 1 heterocycles. The van der Waals surface area contributed by atoms with Crippen molar-refractivity contribution in [3.8, 4) is 0 Å². The molecule has 0 aliphatic carbocycles. The Morgan fingerprint density at radius 3 is 2.35 bits per heavy atom. The van der Waals surface area contributed by atoms with Crippen LogP contribution in [-0.2, 0) is 0 Å². The van der Waals surface area contributed by atoms with Gasteiger partial charge in [0.25, 0.3) is 5.56 Å². The number of halogens is 1. The quantitative estimate of drug-likeness (QED) is 0.761. The molecule has 4 nitrogen and oxygen atoms in total. The van der Waals surface area contributed by atoms with Crippen LogP contribution in [0, 0.1) is 5.82 Å². The maximum Gasteiger partial charge on any atom is 0.326 e. The topological polar surface area (TPSA) is 65.7 Å². The monoisotopic (exact) mass is 288 g/mol. The molecule has 0 amide bonds. The van der Waals surface area contributed by atoms with Crippen LogP contribution in [0.15, 0.2) is 61.8 Å². The van der Waals surface area contributed by atoms with E-state index in [-0.39, 0.29) is 5.82 Å². The Morgan fingerprint density at radius 1 is 0.900 bits per heavy atom. The molecule has 3 rings (SSSR count). The van der Waals surface area contributed by atoms with Gasteiger partial charge in [-0.05, 0) is 42.5 Å². The summed E-state index contributed by atoms with van der Waals surface area (Å²) in [4.78, 5) is 29.3. The summed E-state index contributed by atoms with van der Waals surface area (Å²) < 4.78 is 12.8. The third-order valence-electron chi connectivity index (χ3n) is 2.76. The van der Waals surface area contributed by atoms with Gasteiger partial charge in [0.2, 0.25) is 0 Å². The van der Waals surface area contributed by atoms with Crippen molar-refractivity contribution >= 4 is 22.7 Å². The predicted octanol–water partition coefficient (Wildman–Crippen LogP) is 2.51. The van der Waals surface area contributed by atoms with Gasteiger partial charge < -0.3 is 4.98 Å². The number of H-pyrrole nitrogens is 2. The van der Waals surface area contributed by atoms with E-state index in [2.05, 4.69) is 9.97 Å². The summed E-state index contributed by atoms with van der Waals surface area (Å²) >= 11 is 1.41. The van der Waals surface area contributed by atoms with Gasteiger partial charge in [-0.3, -0.25) is 9.78 Å². The lowest BCUT2D eigenvalue weighted by Crippen LogP contribution is -2.21. The van der Waals surface area contributed by atoms with Crippen molar-refractivity contribution in [3.63, 3.8) is 0 Å². The van der Waals surface area contributed by atoms with Gasteiger partial charge in [-0.1, -0.05) is 11.8 Å². The molecule has 1 aromatic heterocycles. The van der Waals surface area contributed by atoms with Crippen LogP contribution >= 0.6 is 11.8 Å². The van der Waals surface area contributed by atoms with Gasteiger partial charge in [0.15, 0.2) is 0 Å². The Bertz CT molecular complexity index is 884.